The summed E-state index contributed by atoms with van der Waals surface area (Å²) in [6, 6.07) is 17.5. The van der Waals surface area contributed by atoms with Gasteiger partial charge in [0.25, 0.3) is 5.91 Å². The summed E-state index contributed by atoms with van der Waals surface area (Å²) in [5, 5.41) is 5.47. The molecule has 132 valence electrons. The maximum atomic E-state index is 13.1. The van der Waals surface area contributed by atoms with Gasteiger partial charge >= 0.3 is 0 Å². The average Bonchev–Trinajstić information content (AvgIpc) is 3.16. The van der Waals surface area contributed by atoms with Gasteiger partial charge in [-0.2, -0.15) is 0 Å². The molecule has 0 atom stereocenters. The number of carbonyl (C=O) groups is 1. The zero-order valence-electron chi connectivity index (χ0n) is 14.6. The fourth-order valence-corrected chi connectivity index (χ4v) is 4.09. The Morgan fingerprint density at radius 3 is 2.73 bits per heavy atom. The molecule has 5 heteroatoms. The van der Waals surface area contributed by atoms with E-state index in [0.29, 0.717) is 12.1 Å². The van der Waals surface area contributed by atoms with Crippen LogP contribution in [0.2, 0.25) is 0 Å². The molecule has 0 spiro atoms. The molecule has 1 amide bonds. The molecule has 3 aromatic rings. The average molecular weight is 364 g/mol. The number of para-hydroxylation sites is 1. The van der Waals surface area contributed by atoms with Gasteiger partial charge in [0.1, 0.15) is 5.75 Å². The van der Waals surface area contributed by atoms with Crippen LogP contribution in [0.4, 0.5) is 11.4 Å². The third-order valence-corrected chi connectivity index (χ3v) is 5.64. The lowest BCUT2D eigenvalue weighted by molar-refractivity contribution is 0.0737. The number of ether oxygens (including phenoxy) is 1. The number of benzene rings is 2. The third-order valence-electron chi connectivity index (χ3n) is 4.62. The minimum atomic E-state index is 0.0680. The first kappa shape index (κ1) is 16.7. The second-order valence-electron chi connectivity index (χ2n) is 6.24. The Bertz CT molecular complexity index is 918. The van der Waals surface area contributed by atoms with E-state index in [1.807, 2.05) is 53.4 Å². The van der Waals surface area contributed by atoms with Crippen molar-refractivity contribution < 1.29 is 9.53 Å². The van der Waals surface area contributed by atoms with Gasteiger partial charge in [0, 0.05) is 23.7 Å². The molecule has 4 rings (SSSR count). The summed E-state index contributed by atoms with van der Waals surface area (Å²) in [6.45, 7) is 1.46. The smallest absolute Gasteiger partial charge is 0.256 e. The molecule has 1 aliphatic heterocycles. The van der Waals surface area contributed by atoms with Crippen molar-refractivity contribution in [2.24, 2.45) is 0 Å². The first-order valence-electron chi connectivity index (χ1n) is 8.59. The normalized spacial score (nSPS) is 13.2. The maximum Gasteiger partial charge on any atom is 0.256 e. The van der Waals surface area contributed by atoms with Crippen LogP contribution in [0.5, 0.6) is 5.75 Å². The Balaban J connectivity index is 1.56. The summed E-state index contributed by atoms with van der Waals surface area (Å²) < 4.78 is 5.20. The van der Waals surface area contributed by atoms with Gasteiger partial charge in [-0.3, -0.25) is 4.79 Å². The summed E-state index contributed by atoms with van der Waals surface area (Å²) in [6.07, 6.45) is 0.937. The summed E-state index contributed by atoms with van der Waals surface area (Å²) in [4.78, 5) is 16.4. The number of methoxy groups -OCH3 is 1. The number of fused-ring (bicyclic) bond motifs is 1. The van der Waals surface area contributed by atoms with E-state index in [1.165, 1.54) is 10.4 Å². The van der Waals surface area contributed by atoms with Gasteiger partial charge in [-0.05, 0) is 59.8 Å². The number of thiophene rings is 1. The van der Waals surface area contributed by atoms with Crippen LogP contribution in [0.15, 0.2) is 60.0 Å². The second kappa shape index (κ2) is 7.22. The minimum Gasteiger partial charge on any atom is -0.497 e. The van der Waals surface area contributed by atoms with Gasteiger partial charge in [-0.25, -0.2) is 0 Å². The van der Waals surface area contributed by atoms with E-state index in [9.17, 15) is 4.79 Å². The number of hydrogen-bond donors (Lipinski definition) is 1. The Kier molecular flexibility index (Phi) is 4.63. The molecule has 4 nitrogen and oxygen atoms in total. The van der Waals surface area contributed by atoms with Crippen LogP contribution in [0.25, 0.3) is 0 Å². The van der Waals surface area contributed by atoms with Crippen molar-refractivity contribution in [1.29, 1.82) is 0 Å². The lowest BCUT2D eigenvalue weighted by Crippen LogP contribution is -2.35. The van der Waals surface area contributed by atoms with Gasteiger partial charge < -0.3 is 15.0 Å². The number of rotatable bonds is 4. The Hall–Kier alpha value is -2.79. The Morgan fingerprint density at radius 1 is 1.12 bits per heavy atom. The van der Waals surface area contributed by atoms with E-state index in [-0.39, 0.29) is 5.91 Å². The maximum absolute atomic E-state index is 13.1. The lowest BCUT2D eigenvalue weighted by Gasteiger charge is -2.28. The fourth-order valence-electron chi connectivity index (χ4n) is 3.20. The molecule has 0 fully saturated rings. The van der Waals surface area contributed by atoms with Crippen LogP contribution in [-0.2, 0) is 13.0 Å². The predicted octanol–water partition coefficient (Wildman–Crippen LogP) is 4.70. The van der Waals surface area contributed by atoms with Crippen LogP contribution < -0.4 is 10.1 Å². The van der Waals surface area contributed by atoms with Crippen LogP contribution in [-0.4, -0.2) is 24.5 Å². The molecule has 0 saturated carbocycles. The number of nitrogens with zero attached hydrogens (tertiary/aromatic N) is 1. The van der Waals surface area contributed by atoms with Crippen molar-refractivity contribution in [3.63, 3.8) is 0 Å². The molecule has 0 aliphatic carbocycles. The van der Waals surface area contributed by atoms with Crippen molar-refractivity contribution in [3.8, 4) is 5.75 Å². The molecular formula is C21H20N2O2S. The van der Waals surface area contributed by atoms with Gasteiger partial charge in [-0.15, -0.1) is 11.3 Å². The molecule has 26 heavy (non-hydrogen) atoms. The highest BCUT2D eigenvalue weighted by Gasteiger charge is 2.24. The zero-order valence-corrected chi connectivity index (χ0v) is 15.4. The van der Waals surface area contributed by atoms with Gasteiger partial charge in [0.15, 0.2) is 0 Å². The van der Waals surface area contributed by atoms with Crippen LogP contribution in [0, 0.1) is 0 Å². The number of amides is 1. The SMILES string of the molecule is COc1ccc(Nc2ccccc2C(=O)N2CCc3sccc3C2)cc1. The van der Waals surface area contributed by atoms with Crippen molar-refractivity contribution in [2.45, 2.75) is 13.0 Å². The molecule has 2 aromatic carbocycles. The van der Waals surface area contributed by atoms with Gasteiger partial charge in [-0.1, -0.05) is 12.1 Å². The predicted molar refractivity (Wildman–Crippen MR) is 105 cm³/mol. The summed E-state index contributed by atoms with van der Waals surface area (Å²) in [5.74, 6) is 0.873. The molecule has 1 N–H and O–H groups in total. The second-order valence-corrected chi connectivity index (χ2v) is 7.25. The standard InChI is InChI=1S/C21H20N2O2S/c1-25-17-8-6-16(7-9-17)22-19-5-3-2-4-18(19)21(24)23-12-10-20-15(14-23)11-13-26-20/h2-9,11,13,22H,10,12,14H2,1H3. The van der Waals surface area contributed by atoms with E-state index < -0.39 is 0 Å². The van der Waals surface area contributed by atoms with Crippen molar-refractivity contribution in [1.82, 2.24) is 4.90 Å². The summed E-state index contributed by atoms with van der Waals surface area (Å²) >= 11 is 1.78. The first-order chi connectivity index (χ1) is 12.7. The number of anilines is 2. The highest BCUT2D eigenvalue weighted by Crippen LogP contribution is 2.28. The van der Waals surface area contributed by atoms with Crippen LogP contribution in [0.1, 0.15) is 20.8 Å². The van der Waals surface area contributed by atoms with Crippen LogP contribution >= 0.6 is 11.3 Å². The molecule has 0 radical (unpaired) electrons. The Morgan fingerprint density at radius 2 is 1.92 bits per heavy atom. The molecule has 0 bridgehead atoms. The highest BCUT2D eigenvalue weighted by atomic mass is 32.1. The minimum absolute atomic E-state index is 0.0680. The highest BCUT2D eigenvalue weighted by molar-refractivity contribution is 7.10. The summed E-state index contributed by atoms with van der Waals surface area (Å²) in [5.41, 5.74) is 3.71. The monoisotopic (exact) mass is 364 g/mol. The molecular weight excluding hydrogens is 344 g/mol. The third kappa shape index (κ3) is 3.30. The molecule has 2 heterocycles. The van der Waals surface area contributed by atoms with Crippen molar-refractivity contribution >= 4 is 28.6 Å². The van der Waals surface area contributed by atoms with E-state index in [1.54, 1.807) is 18.4 Å². The topological polar surface area (TPSA) is 41.6 Å². The molecule has 0 saturated heterocycles. The van der Waals surface area contributed by atoms with Crippen molar-refractivity contribution in [3.05, 3.63) is 76.0 Å². The first-order valence-corrected chi connectivity index (χ1v) is 9.47. The van der Waals surface area contributed by atoms with Gasteiger partial charge in [0.05, 0.1) is 18.4 Å². The van der Waals surface area contributed by atoms with E-state index in [4.69, 9.17) is 4.74 Å². The molecule has 0 unspecified atom stereocenters. The summed E-state index contributed by atoms with van der Waals surface area (Å²) in [7, 11) is 1.65. The van der Waals surface area contributed by atoms with Crippen LogP contribution in [0.3, 0.4) is 0 Å². The fraction of sp³-hybridized carbons (Fsp3) is 0.190. The van der Waals surface area contributed by atoms with E-state index in [0.717, 1.165) is 30.1 Å². The number of nitrogens with one attached hydrogen (secondary N) is 1. The number of carbonyl (C=O) groups excluding carboxylic acids is 1. The van der Waals surface area contributed by atoms with E-state index >= 15 is 0 Å². The van der Waals surface area contributed by atoms with E-state index in [2.05, 4.69) is 16.8 Å². The Labute approximate surface area is 157 Å². The van der Waals surface area contributed by atoms with Gasteiger partial charge in [0.2, 0.25) is 0 Å². The largest absolute Gasteiger partial charge is 0.497 e. The number of hydrogen-bond acceptors (Lipinski definition) is 4. The lowest BCUT2D eigenvalue weighted by atomic mass is 10.1. The zero-order chi connectivity index (χ0) is 17.9. The molecule has 1 aliphatic rings. The molecule has 1 aromatic heterocycles. The van der Waals surface area contributed by atoms with Crippen molar-refractivity contribution in [2.75, 3.05) is 19.0 Å². The quantitative estimate of drug-likeness (QED) is 0.730.